The summed E-state index contributed by atoms with van der Waals surface area (Å²) in [6.45, 7) is 2.91. The maximum Gasteiger partial charge on any atom is 0.253 e. The van der Waals surface area contributed by atoms with Crippen LogP contribution in [0.2, 0.25) is 0 Å². The molecular weight excluding hydrogens is 296 g/mol. The SMILES string of the molecule is CC(CCCCNSN)NC(=O)c1cccc2cccnc12. The van der Waals surface area contributed by atoms with Crippen LogP contribution in [-0.4, -0.2) is 23.5 Å². The summed E-state index contributed by atoms with van der Waals surface area (Å²) >= 11 is 1.14. The zero-order valence-electron chi connectivity index (χ0n) is 12.7. The normalized spacial score (nSPS) is 12.3. The van der Waals surface area contributed by atoms with Gasteiger partial charge in [-0.3, -0.25) is 19.6 Å². The quantitative estimate of drug-likeness (QED) is 0.515. The smallest absolute Gasteiger partial charge is 0.253 e. The molecule has 0 aliphatic carbocycles. The highest BCUT2D eigenvalue weighted by atomic mass is 32.2. The predicted molar refractivity (Wildman–Crippen MR) is 92.3 cm³/mol. The van der Waals surface area contributed by atoms with E-state index in [1.165, 1.54) is 0 Å². The van der Waals surface area contributed by atoms with Crippen LogP contribution in [0.15, 0.2) is 36.5 Å². The Balaban J connectivity index is 1.91. The summed E-state index contributed by atoms with van der Waals surface area (Å²) in [7, 11) is 0. The van der Waals surface area contributed by atoms with Gasteiger partial charge in [-0.2, -0.15) is 0 Å². The van der Waals surface area contributed by atoms with E-state index in [-0.39, 0.29) is 11.9 Å². The van der Waals surface area contributed by atoms with Crippen molar-refractivity contribution in [3.63, 3.8) is 0 Å². The molecular formula is C16H22N4OS. The van der Waals surface area contributed by atoms with Crippen molar-refractivity contribution < 1.29 is 4.79 Å². The van der Waals surface area contributed by atoms with Gasteiger partial charge in [-0.1, -0.05) is 24.6 Å². The van der Waals surface area contributed by atoms with Gasteiger partial charge in [-0.05, 0) is 31.9 Å². The lowest BCUT2D eigenvalue weighted by Gasteiger charge is -2.14. The van der Waals surface area contributed by atoms with Crippen LogP contribution in [0.25, 0.3) is 10.9 Å². The van der Waals surface area contributed by atoms with Crippen molar-refractivity contribution in [1.82, 2.24) is 15.0 Å². The van der Waals surface area contributed by atoms with Crippen molar-refractivity contribution >= 4 is 28.9 Å². The number of aromatic nitrogens is 1. The largest absolute Gasteiger partial charge is 0.350 e. The first-order valence-corrected chi connectivity index (χ1v) is 8.33. The molecule has 0 bridgehead atoms. The number of nitrogens with one attached hydrogen (secondary N) is 2. The van der Waals surface area contributed by atoms with Crippen molar-refractivity contribution in [2.75, 3.05) is 6.54 Å². The fourth-order valence-electron chi connectivity index (χ4n) is 2.37. The fourth-order valence-corrected chi connectivity index (χ4v) is 2.63. The molecule has 0 spiro atoms. The second kappa shape index (κ2) is 8.73. The number of carbonyl (C=O) groups is 1. The molecule has 6 heteroatoms. The number of pyridine rings is 1. The van der Waals surface area contributed by atoms with Crippen molar-refractivity contribution in [2.45, 2.75) is 32.2 Å². The average molecular weight is 318 g/mol. The van der Waals surface area contributed by atoms with E-state index in [4.69, 9.17) is 5.14 Å². The van der Waals surface area contributed by atoms with Gasteiger partial charge in [-0.15, -0.1) is 0 Å². The van der Waals surface area contributed by atoms with Crippen LogP contribution < -0.4 is 15.2 Å². The van der Waals surface area contributed by atoms with Crippen LogP contribution in [0.3, 0.4) is 0 Å². The molecule has 22 heavy (non-hydrogen) atoms. The Kier molecular flexibility index (Phi) is 6.64. The molecule has 0 saturated carbocycles. The number of carbonyl (C=O) groups excluding carboxylic acids is 1. The summed E-state index contributed by atoms with van der Waals surface area (Å²) < 4.78 is 3.01. The second-order valence-electron chi connectivity index (χ2n) is 5.26. The molecule has 0 aliphatic heterocycles. The molecule has 1 amide bonds. The molecule has 5 nitrogen and oxygen atoms in total. The van der Waals surface area contributed by atoms with Crippen LogP contribution >= 0.6 is 12.1 Å². The van der Waals surface area contributed by atoms with Crippen LogP contribution in [0, 0.1) is 0 Å². The van der Waals surface area contributed by atoms with E-state index < -0.39 is 0 Å². The van der Waals surface area contributed by atoms with Crippen LogP contribution in [0.1, 0.15) is 36.5 Å². The van der Waals surface area contributed by atoms with E-state index in [0.29, 0.717) is 5.56 Å². The maximum atomic E-state index is 12.4. The summed E-state index contributed by atoms with van der Waals surface area (Å²) in [6, 6.07) is 9.65. The highest BCUT2D eigenvalue weighted by Crippen LogP contribution is 2.16. The monoisotopic (exact) mass is 318 g/mol. The first-order valence-electron chi connectivity index (χ1n) is 7.45. The van der Waals surface area contributed by atoms with Gasteiger partial charge >= 0.3 is 0 Å². The predicted octanol–water partition coefficient (Wildman–Crippen LogP) is 2.63. The number of hydrogen-bond donors (Lipinski definition) is 3. The van der Waals surface area contributed by atoms with Crippen molar-refractivity contribution in [3.05, 3.63) is 42.1 Å². The fraction of sp³-hybridized carbons (Fsp3) is 0.375. The second-order valence-corrected chi connectivity index (χ2v) is 5.79. The summed E-state index contributed by atoms with van der Waals surface area (Å²) in [6.07, 6.45) is 4.74. The molecule has 0 aliphatic rings. The standard InChI is InChI=1S/C16H22N4OS/c1-12(6-2-3-11-19-22-17)20-16(21)14-9-4-7-13-8-5-10-18-15(13)14/h4-5,7-10,12,19H,2-3,6,11,17H2,1H3,(H,20,21). The van der Waals surface area contributed by atoms with E-state index >= 15 is 0 Å². The van der Waals surface area contributed by atoms with E-state index in [2.05, 4.69) is 15.0 Å². The number of para-hydroxylation sites is 1. The number of amides is 1. The van der Waals surface area contributed by atoms with Gasteiger partial charge in [0.25, 0.3) is 5.91 Å². The first kappa shape index (κ1) is 16.7. The number of unbranched alkanes of at least 4 members (excludes halogenated alkanes) is 1. The Morgan fingerprint density at radius 1 is 1.32 bits per heavy atom. The molecule has 0 radical (unpaired) electrons. The molecule has 2 aromatic rings. The molecule has 1 aromatic carbocycles. The minimum atomic E-state index is -0.0626. The van der Waals surface area contributed by atoms with Crippen LogP contribution in [0.5, 0.6) is 0 Å². The molecule has 0 fully saturated rings. The minimum absolute atomic E-state index is 0.0626. The summed E-state index contributed by atoms with van der Waals surface area (Å²) in [5.41, 5.74) is 1.38. The zero-order chi connectivity index (χ0) is 15.8. The van der Waals surface area contributed by atoms with Gasteiger partial charge in [0.15, 0.2) is 0 Å². The Morgan fingerprint density at radius 2 is 2.14 bits per heavy atom. The highest BCUT2D eigenvalue weighted by molar-refractivity contribution is 7.95. The maximum absolute atomic E-state index is 12.4. The zero-order valence-corrected chi connectivity index (χ0v) is 13.5. The highest BCUT2D eigenvalue weighted by Gasteiger charge is 2.13. The van der Waals surface area contributed by atoms with Gasteiger partial charge in [0.1, 0.15) is 0 Å². The molecule has 4 N–H and O–H groups in total. The molecule has 1 atom stereocenters. The van der Waals surface area contributed by atoms with Gasteiger partial charge in [0.05, 0.1) is 11.1 Å². The Labute approximate surface area is 135 Å². The number of nitrogens with two attached hydrogens (primary N) is 1. The lowest BCUT2D eigenvalue weighted by atomic mass is 10.1. The van der Waals surface area contributed by atoms with E-state index in [1.54, 1.807) is 6.20 Å². The molecule has 1 unspecified atom stereocenters. The Morgan fingerprint density at radius 3 is 2.95 bits per heavy atom. The average Bonchev–Trinajstić information content (AvgIpc) is 2.54. The Hall–Kier alpha value is -1.63. The van der Waals surface area contributed by atoms with Crippen molar-refractivity contribution in [1.29, 1.82) is 0 Å². The van der Waals surface area contributed by atoms with Gasteiger partial charge in [0, 0.05) is 36.3 Å². The van der Waals surface area contributed by atoms with Gasteiger partial charge < -0.3 is 5.32 Å². The summed E-state index contributed by atoms with van der Waals surface area (Å²) in [5.74, 6) is -0.0626. The molecule has 118 valence electrons. The number of hydrogen-bond acceptors (Lipinski definition) is 5. The molecule has 2 rings (SSSR count). The van der Waals surface area contributed by atoms with Gasteiger partial charge in [-0.25, -0.2) is 0 Å². The summed E-state index contributed by atoms with van der Waals surface area (Å²) in [4.78, 5) is 16.7. The van der Waals surface area contributed by atoms with Crippen LogP contribution in [-0.2, 0) is 0 Å². The lowest BCUT2D eigenvalue weighted by Crippen LogP contribution is -2.32. The minimum Gasteiger partial charge on any atom is -0.350 e. The summed E-state index contributed by atoms with van der Waals surface area (Å²) in [5, 5.41) is 9.32. The van der Waals surface area contributed by atoms with Crippen molar-refractivity contribution in [3.8, 4) is 0 Å². The lowest BCUT2D eigenvalue weighted by molar-refractivity contribution is 0.0939. The third kappa shape index (κ3) is 4.69. The Bertz CT molecular complexity index is 615. The van der Waals surface area contributed by atoms with Crippen molar-refractivity contribution in [2.24, 2.45) is 5.14 Å². The first-order chi connectivity index (χ1) is 10.7. The third-order valence-corrected chi connectivity index (χ3v) is 3.87. The number of rotatable bonds is 8. The number of nitrogens with zero attached hydrogens (tertiary/aromatic N) is 1. The van der Waals surface area contributed by atoms with E-state index in [1.807, 2.05) is 37.3 Å². The molecule has 1 aromatic heterocycles. The van der Waals surface area contributed by atoms with Gasteiger partial charge in [0.2, 0.25) is 0 Å². The van der Waals surface area contributed by atoms with E-state index in [0.717, 1.165) is 48.8 Å². The molecule has 0 saturated heterocycles. The third-order valence-electron chi connectivity index (χ3n) is 3.50. The number of benzene rings is 1. The van der Waals surface area contributed by atoms with E-state index in [9.17, 15) is 4.79 Å². The van der Waals surface area contributed by atoms with Crippen LogP contribution in [0.4, 0.5) is 0 Å². The topological polar surface area (TPSA) is 80.0 Å². The molecule has 1 heterocycles. The number of fused-ring (bicyclic) bond motifs is 1.